The van der Waals surface area contributed by atoms with Gasteiger partial charge in [0.15, 0.2) is 0 Å². The number of likely N-dealkylation sites (N-methyl/N-ethyl adjacent to an activating group) is 1. The predicted octanol–water partition coefficient (Wildman–Crippen LogP) is 6.41. The van der Waals surface area contributed by atoms with E-state index in [0.717, 1.165) is 156 Å². The van der Waals surface area contributed by atoms with Crippen molar-refractivity contribution in [3.8, 4) is 22.6 Å². The first kappa shape index (κ1) is 52.6. The molecule has 6 aliphatic heterocycles. The molecule has 20 nitrogen and oxygen atoms in total. The lowest BCUT2D eigenvalue weighted by atomic mass is 9.98. The monoisotopic (exact) mass is 1060 g/mol. The zero-order valence-electron chi connectivity index (χ0n) is 45.6. The molecule has 0 unspecified atom stereocenters. The lowest BCUT2D eigenvalue weighted by molar-refractivity contribution is -0.129. The number of aliphatic imine (C=N–C) groups is 3. The molecule has 0 bridgehead atoms. The molecule has 406 valence electrons. The summed E-state index contributed by atoms with van der Waals surface area (Å²) in [5.41, 5.74) is 14.3. The zero-order chi connectivity index (χ0) is 54.4. The lowest BCUT2D eigenvalue weighted by Gasteiger charge is -2.32. The minimum absolute atomic E-state index is 0.0976. The molecule has 7 aromatic rings. The van der Waals surface area contributed by atoms with Crippen molar-refractivity contribution in [1.29, 1.82) is 0 Å². The van der Waals surface area contributed by atoms with E-state index in [1.807, 2.05) is 100 Å². The highest BCUT2D eigenvalue weighted by Crippen LogP contribution is 2.32. The van der Waals surface area contributed by atoms with Crippen LogP contribution < -0.4 is 24.2 Å². The van der Waals surface area contributed by atoms with E-state index >= 15 is 0 Å². The molecule has 10 heterocycles. The summed E-state index contributed by atoms with van der Waals surface area (Å²) in [6, 6.07) is 24.7. The van der Waals surface area contributed by atoms with Crippen LogP contribution in [-0.2, 0) is 41.0 Å². The molecule has 13 rings (SSSR count). The summed E-state index contributed by atoms with van der Waals surface area (Å²) in [5.74, 6) is 4.41. The van der Waals surface area contributed by atoms with E-state index in [1.165, 1.54) is 11.1 Å². The Kier molecular flexibility index (Phi) is 15.7. The van der Waals surface area contributed by atoms with Crippen molar-refractivity contribution in [2.24, 2.45) is 22.0 Å². The summed E-state index contributed by atoms with van der Waals surface area (Å²) in [6.07, 6.45) is 8.96. The van der Waals surface area contributed by atoms with Crippen LogP contribution in [0.25, 0.3) is 11.1 Å². The molecule has 0 saturated carbocycles. The molecule has 1 amide bonds. The van der Waals surface area contributed by atoms with Gasteiger partial charge in [-0.3, -0.25) is 24.5 Å². The van der Waals surface area contributed by atoms with Gasteiger partial charge in [-0.15, -0.1) is 0 Å². The van der Waals surface area contributed by atoms with E-state index in [9.17, 15) is 4.79 Å². The number of aromatic nitrogens is 8. The largest absolute Gasteiger partial charge is 0.491 e. The minimum atomic E-state index is 0.0976. The molecule has 3 aromatic carbocycles. The van der Waals surface area contributed by atoms with Crippen LogP contribution in [-0.4, -0.2) is 159 Å². The van der Waals surface area contributed by atoms with Crippen molar-refractivity contribution < 1.29 is 23.7 Å². The van der Waals surface area contributed by atoms with Gasteiger partial charge >= 0.3 is 0 Å². The minimum Gasteiger partial charge on any atom is -0.491 e. The van der Waals surface area contributed by atoms with Crippen molar-refractivity contribution in [1.82, 2.24) is 44.6 Å². The Balaban J connectivity index is 0.000000125. The van der Waals surface area contributed by atoms with Crippen LogP contribution in [0.2, 0.25) is 0 Å². The van der Waals surface area contributed by atoms with Gasteiger partial charge in [0, 0.05) is 100 Å². The predicted molar refractivity (Wildman–Crippen MR) is 303 cm³/mol. The number of benzene rings is 3. The van der Waals surface area contributed by atoms with Gasteiger partial charge in [-0.1, -0.05) is 24.3 Å². The number of amides is 1. The highest BCUT2D eigenvalue weighted by molar-refractivity contribution is 6.16. The van der Waals surface area contributed by atoms with E-state index in [1.54, 1.807) is 23.9 Å². The van der Waals surface area contributed by atoms with Crippen molar-refractivity contribution >= 4 is 40.5 Å². The average Bonchev–Trinajstić information content (AvgIpc) is 4.33. The van der Waals surface area contributed by atoms with Crippen LogP contribution in [0.1, 0.15) is 78.2 Å². The van der Waals surface area contributed by atoms with Gasteiger partial charge in [0.25, 0.3) is 0 Å². The van der Waals surface area contributed by atoms with Gasteiger partial charge in [0.1, 0.15) is 47.9 Å². The SMILES string of the molecule is CC(C)Oc1ccc2c(c1)C(c1cc(N3CCN(C)C(=O)C3)ncn1)=NC2.CC(C)Oc1ccc2c(c1)C(c1cc(N3CCOCC3)ncn1)=NC2.Cn1cc(-c2ccc3c(c2)C(c2cc(N4CCOCC4)ncn2)=NC3)cn1. The summed E-state index contributed by atoms with van der Waals surface area (Å²) in [6.45, 7) is 18.2. The van der Waals surface area contributed by atoms with Crippen molar-refractivity contribution in [2.75, 3.05) is 94.0 Å². The molecule has 0 aliphatic carbocycles. The van der Waals surface area contributed by atoms with Crippen LogP contribution >= 0.6 is 0 Å². The molecule has 0 atom stereocenters. The van der Waals surface area contributed by atoms with Crippen LogP contribution in [0.3, 0.4) is 0 Å². The van der Waals surface area contributed by atoms with Crippen LogP contribution in [0.5, 0.6) is 11.5 Å². The Morgan fingerprint density at radius 1 is 0.494 bits per heavy atom. The Morgan fingerprint density at radius 3 is 1.37 bits per heavy atom. The van der Waals surface area contributed by atoms with Crippen molar-refractivity contribution in [3.05, 3.63) is 155 Å². The van der Waals surface area contributed by atoms with E-state index < -0.39 is 0 Å². The maximum atomic E-state index is 12.0. The van der Waals surface area contributed by atoms with E-state index in [0.29, 0.717) is 32.7 Å². The van der Waals surface area contributed by atoms with E-state index in [4.69, 9.17) is 28.9 Å². The molecule has 6 aliphatic rings. The van der Waals surface area contributed by atoms with Gasteiger partial charge in [0.05, 0.1) is 105 Å². The number of nitrogens with zero attached hydrogens (tertiary/aromatic N) is 15. The zero-order valence-corrected chi connectivity index (χ0v) is 45.6. The Morgan fingerprint density at radius 2 is 0.937 bits per heavy atom. The van der Waals surface area contributed by atoms with Gasteiger partial charge in [-0.2, -0.15) is 5.10 Å². The molecular formula is C59H65N15O5. The highest BCUT2D eigenvalue weighted by atomic mass is 16.5. The number of hydrogen-bond acceptors (Lipinski definition) is 18. The van der Waals surface area contributed by atoms with E-state index in [2.05, 4.69) is 86.2 Å². The molecule has 3 saturated heterocycles. The summed E-state index contributed by atoms with van der Waals surface area (Å²) < 4.78 is 24.3. The molecule has 79 heavy (non-hydrogen) atoms. The topological polar surface area (TPSA) is 199 Å². The third-order valence-corrected chi connectivity index (χ3v) is 14.2. The van der Waals surface area contributed by atoms with E-state index in [-0.39, 0.29) is 18.1 Å². The Hall–Kier alpha value is -8.49. The summed E-state index contributed by atoms with van der Waals surface area (Å²) >= 11 is 0. The summed E-state index contributed by atoms with van der Waals surface area (Å²) in [5, 5.41) is 4.28. The highest BCUT2D eigenvalue weighted by Gasteiger charge is 2.27. The molecule has 0 spiro atoms. The molecular weight excluding hydrogens is 999 g/mol. The lowest BCUT2D eigenvalue weighted by Crippen LogP contribution is -2.48. The number of rotatable bonds is 11. The second-order valence-corrected chi connectivity index (χ2v) is 20.5. The van der Waals surface area contributed by atoms with Crippen LogP contribution in [0.15, 0.2) is 119 Å². The molecule has 3 fully saturated rings. The first-order chi connectivity index (χ1) is 38.5. The quantitative estimate of drug-likeness (QED) is 0.138. The normalized spacial score (nSPS) is 16.6. The molecule has 0 N–H and O–H groups in total. The number of ether oxygens (including phenoxy) is 4. The maximum Gasteiger partial charge on any atom is 0.241 e. The number of carbonyl (C=O) groups is 1. The number of hydrogen-bond donors (Lipinski definition) is 0. The number of anilines is 3. The van der Waals surface area contributed by atoms with Crippen molar-refractivity contribution in [2.45, 2.75) is 59.5 Å². The fourth-order valence-electron chi connectivity index (χ4n) is 10.1. The van der Waals surface area contributed by atoms with Crippen LogP contribution in [0, 0.1) is 0 Å². The molecule has 0 radical (unpaired) electrons. The average molecular weight is 1060 g/mol. The third-order valence-electron chi connectivity index (χ3n) is 14.2. The smallest absolute Gasteiger partial charge is 0.241 e. The fraction of sp³-hybridized carbons (Fsp3) is 0.373. The first-order valence-corrected chi connectivity index (χ1v) is 27.0. The van der Waals surface area contributed by atoms with Crippen LogP contribution in [0.4, 0.5) is 17.5 Å². The summed E-state index contributed by atoms with van der Waals surface area (Å²) in [4.78, 5) is 61.0. The van der Waals surface area contributed by atoms with Gasteiger partial charge < -0.3 is 38.5 Å². The standard InChI is InChI=1S/C20H20N6O.C20H23N5O2.C19H22N4O2/c1-25-12-16(11-24-25)14-2-3-15-10-21-20(17(15)8-14)18-9-19(23-13-22-18)26-4-6-27-7-5-26;1-13(2)27-15-5-4-14-10-21-20(16(14)8-15)17-9-18(23-12-22-17)25-7-6-24(3)19(26)11-25;1-13(2)25-15-4-3-14-11-20-19(16(14)9-15)17-10-18(22-12-21-17)23-5-7-24-8-6-23/h2-3,8-9,11-13H,4-7,10H2,1H3;4-5,8-9,12-13H,6-7,10-11H2,1-3H3;3-4,9-10,12-13H,5-8,11H2,1-2H3. The van der Waals surface area contributed by atoms with Crippen molar-refractivity contribution in [3.63, 3.8) is 0 Å². The first-order valence-electron chi connectivity index (χ1n) is 27.0. The van der Waals surface area contributed by atoms with Gasteiger partial charge in [0.2, 0.25) is 5.91 Å². The Labute approximate surface area is 460 Å². The second-order valence-electron chi connectivity index (χ2n) is 20.5. The third kappa shape index (κ3) is 12.1. The van der Waals surface area contributed by atoms with Gasteiger partial charge in [-0.25, -0.2) is 29.9 Å². The molecule has 20 heteroatoms. The maximum absolute atomic E-state index is 12.0. The number of morpholine rings is 2. The number of carbonyl (C=O) groups excluding carboxylic acids is 1. The number of piperazine rings is 1. The van der Waals surface area contributed by atoms with Gasteiger partial charge in [-0.05, 0) is 80.3 Å². The second kappa shape index (κ2) is 23.6. The number of fused-ring (bicyclic) bond motifs is 3. The Bertz CT molecular complexity index is 3440. The fourth-order valence-corrected chi connectivity index (χ4v) is 10.1. The number of aryl methyl sites for hydroxylation is 1. The molecule has 4 aromatic heterocycles. The summed E-state index contributed by atoms with van der Waals surface area (Å²) in [7, 11) is 3.75.